The summed E-state index contributed by atoms with van der Waals surface area (Å²) < 4.78 is 27.6. The molecule has 1 N–H and O–H groups in total. The van der Waals surface area contributed by atoms with Crippen LogP contribution in [0.25, 0.3) is 0 Å². The maximum absolute atomic E-state index is 14.1. The first-order chi connectivity index (χ1) is 14.0. The number of aromatic amines is 1. The van der Waals surface area contributed by atoms with E-state index in [1.54, 1.807) is 11.2 Å². The van der Waals surface area contributed by atoms with Crippen LogP contribution in [-0.2, 0) is 16.8 Å². The predicted molar refractivity (Wildman–Crippen MR) is 99.9 cm³/mol. The second kappa shape index (κ2) is 6.64. The summed E-state index contributed by atoms with van der Waals surface area (Å²) in [7, 11) is 0. The molecule has 8 heteroatoms. The first kappa shape index (κ1) is 18.3. The summed E-state index contributed by atoms with van der Waals surface area (Å²) in [6.45, 7) is 1.35. The van der Waals surface area contributed by atoms with Gasteiger partial charge in [-0.05, 0) is 43.9 Å². The van der Waals surface area contributed by atoms with Gasteiger partial charge in [0.25, 0.3) is 5.91 Å². The number of aromatic nitrogens is 2. The van der Waals surface area contributed by atoms with Gasteiger partial charge >= 0.3 is 0 Å². The van der Waals surface area contributed by atoms with E-state index in [0.717, 1.165) is 48.8 Å². The number of hydrogen-bond acceptors (Lipinski definition) is 3. The second-order valence-corrected chi connectivity index (χ2v) is 8.19. The molecule has 1 saturated heterocycles. The van der Waals surface area contributed by atoms with Crippen molar-refractivity contribution in [1.82, 2.24) is 19.8 Å². The molecule has 2 aromatic rings. The Labute approximate surface area is 166 Å². The number of H-pyrrole nitrogens is 1. The molecule has 2 amide bonds. The fourth-order valence-corrected chi connectivity index (χ4v) is 4.77. The number of carbonyl (C=O) groups is 2. The molecule has 1 saturated carbocycles. The van der Waals surface area contributed by atoms with Crippen LogP contribution in [0.15, 0.2) is 24.5 Å². The van der Waals surface area contributed by atoms with Crippen LogP contribution in [0.2, 0.25) is 0 Å². The van der Waals surface area contributed by atoms with Crippen LogP contribution in [0.5, 0.6) is 0 Å². The molecule has 29 heavy (non-hydrogen) atoms. The Morgan fingerprint density at radius 2 is 1.90 bits per heavy atom. The molecule has 0 radical (unpaired) electrons. The number of fused-ring (bicyclic) bond motifs is 2. The fourth-order valence-electron chi connectivity index (χ4n) is 4.77. The lowest BCUT2D eigenvalue weighted by Gasteiger charge is -2.50. The van der Waals surface area contributed by atoms with E-state index in [9.17, 15) is 18.4 Å². The molecule has 0 bridgehead atoms. The van der Waals surface area contributed by atoms with E-state index in [1.165, 1.54) is 0 Å². The molecule has 3 heterocycles. The molecule has 2 fully saturated rings. The number of nitrogens with zero attached hydrogens (tertiary/aromatic N) is 3. The predicted octanol–water partition coefficient (Wildman–Crippen LogP) is 2.61. The third kappa shape index (κ3) is 2.92. The second-order valence-electron chi connectivity index (χ2n) is 8.19. The van der Waals surface area contributed by atoms with Crippen molar-refractivity contribution < 1.29 is 18.4 Å². The zero-order valence-electron chi connectivity index (χ0n) is 16.0. The highest BCUT2D eigenvalue weighted by atomic mass is 19.1. The van der Waals surface area contributed by atoms with Crippen LogP contribution in [0.1, 0.15) is 47.4 Å². The Balaban J connectivity index is 1.42. The standard InChI is InChI=1S/C21H22F2N4O2/c22-14-3-4-16(23)15(11-14)20(29)26-9-6-21(7-10-26)18-17(24-12-25-18)5-8-27(21)19(28)13-1-2-13/h3-4,11-13H,1-2,5-10H2,(H,24,25). The van der Waals surface area contributed by atoms with Crippen molar-refractivity contribution in [2.24, 2.45) is 5.92 Å². The number of imidazole rings is 1. The number of nitrogens with one attached hydrogen (secondary N) is 1. The average Bonchev–Trinajstić information content (AvgIpc) is 3.47. The van der Waals surface area contributed by atoms with Crippen molar-refractivity contribution in [3.05, 3.63) is 53.1 Å². The minimum absolute atomic E-state index is 0.105. The van der Waals surface area contributed by atoms with Gasteiger partial charge < -0.3 is 14.8 Å². The van der Waals surface area contributed by atoms with E-state index in [1.807, 2.05) is 4.90 Å². The Hall–Kier alpha value is -2.77. The molecule has 2 aliphatic heterocycles. The van der Waals surface area contributed by atoms with Crippen molar-refractivity contribution >= 4 is 11.8 Å². The maximum Gasteiger partial charge on any atom is 0.256 e. The number of hydrogen-bond donors (Lipinski definition) is 1. The van der Waals surface area contributed by atoms with E-state index in [-0.39, 0.29) is 17.4 Å². The Kier molecular flexibility index (Phi) is 4.18. The van der Waals surface area contributed by atoms with Gasteiger partial charge in [0.1, 0.15) is 11.6 Å². The van der Waals surface area contributed by atoms with E-state index in [0.29, 0.717) is 32.5 Å². The van der Waals surface area contributed by atoms with Gasteiger partial charge in [0.05, 0.1) is 23.1 Å². The van der Waals surface area contributed by atoms with Gasteiger partial charge in [-0.25, -0.2) is 13.8 Å². The van der Waals surface area contributed by atoms with Gasteiger partial charge in [0.2, 0.25) is 5.91 Å². The highest BCUT2D eigenvalue weighted by Gasteiger charge is 2.51. The van der Waals surface area contributed by atoms with E-state index >= 15 is 0 Å². The number of piperidine rings is 1. The fraction of sp³-hybridized carbons (Fsp3) is 0.476. The first-order valence-corrected chi connectivity index (χ1v) is 10.1. The molecule has 1 aromatic heterocycles. The highest BCUT2D eigenvalue weighted by molar-refractivity contribution is 5.94. The summed E-state index contributed by atoms with van der Waals surface area (Å²) >= 11 is 0. The lowest BCUT2D eigenvalue weighted by atomic mass is 9.78. The molecule has 152 valence electrons. The van der Waals surface area contributed by atoms with Crippen LogP contribution < -0.4 is 0 Å². The van der Waals surface area contributed by atoms with Crippen LogP contribution in [0, 0.1) is 17.6 Å². The third-order valence-electron chi connectivity index (χ3n) is 6.49. The van der Waals surface area contributed by atoms with E-state index < -0.39 is 23.1 Å². The summed E-state index contributed by atoms with van der Waals surface area (Å²) in [4.78, 5) is 37.0. The quantitative estimate of drug-likeness (QED) is 0.843. The molecular formula is C21H22F2N4O2. The minimum atomic E-state index is -0.727. The van der Waals surface area contributed by atoms with Gasteiger partial charge in [-0.3, -0.25) is 9.59 Å². The molecule has 0 unspecified atom stereocenters. The minimum Gasteiger partial charge on any atom is -0.348 e. The zero-order chi connectivity index (χ0) is 20.2. The normalized spacial score (nSPS) is 20.6. The van der Waals surface area contributed by atoms with Crippen molar-refractivity contribution in [2.75, 3.05) is 19.6 Å². The molecule has 5 rings (SSSR count). The summed E-state index contributed by atoms with van der Waals surface area (Å²) in [5.41, 5.74) is 1.14. The van der Waals surface area contributed by atoms with Crippen molar-refractivity contribution in [2.45, 2.75) is 37.6 Å². The Morgan fingerprint density at radius 1 is 1.14 bits per heavy atom. The van der Waals surface area contributed by atoms with E-state index in [4.69, 9.17) is 0 Å². The smallest absolute Gasteiger partial charge is 0.256 e. The molecular weight excluding hydrogens is 378 g/mol. The lowest BCUT2D eigenvalue weighted by molar-refractivity contribution is -0.143. The number of carbonyl (C=O) groups excluding carboxylic acids is 2. The summed E-state index contributed by atoms with van der Waals surface area (Å²) in [5.74, 6) is -1.61. The van der Waals surface area contributed by atoms with Gasteiger partial charge in [-0.1, -0.05) is 0 Å². The molecule has 1 aromatic carbocycles. The largest absolute Gasteiger partial charge is 0.348 e. The van der Waals surface area contributed by atoms with E-state index in [2.05, 4.69) is 9.97 Å². The van der Waals surface area contributed by atoms with Gasteiger partial charge in [0.15, 0.2) is 0 Å². The van der Waals surface area contributed by atoms with Crippen LogP contribution in [0.3, 0.4) is 0 Å². The number of rotatable bonds is 2. The average molecular weight is 400 g/mol. The van der Waals surface area contributed by atoms with Gasteiger partial charge in [-0.2, -0.15) is 0 Å². The summed E-state index contributed by atoms with van der Waals surface area (Å²) in [6.07, 6.45) is 5.34. The van der Waals surface area contributed by atoms with Crippen molar-refractivity contribution in [1.29, 1.82) is 0 Å². The molecule has 0 atom stereocenters. The molecule has 1 spiro atoms. The molecule has 6 nitrogen and oxygen atoms in total. The SMILES string of the molecule is O=C(c1cc(F)ccc1F)N1CCC2(CC1)c1nc[nH]c1CCN2C(=O)C1CC1. The Morgan fingerprint density at radius 3 is 2.62 bits per heavy atom. The number of likely N-dealkylation sites (tertiary alicyclic amines) is 1. The summed E-state index contributed by atoms with van der Waals surface area (Å²) in [5, 5.41) is 0. The first-order valence-electron chi connectivity index (χ1n) is 10.1. The summed E-state index contributed by atoms with van der Waals surface area (Å²) in [6, 6.07) is 2.92. The molecule has 1 aliphatic carbocycles. The van der Waals surface area contributed by atoms with Crippen LogP contribution >= 0.6 is 0 Å². The zero-order valence-corrected chi connectivity index (χ0v) is 16.0. The maximum atomic E-state index is 14.1. The van der Waals surface area contributed by atoms with Crippen molar-refractivity contribution in [3.8, 4) is 0 Å². The Bertz CT molecular complexity index is 977. The van der Waals surface area contributed by atoms with Crippen LogP contribution in [0.4, 0.5) is 8.78 Å². The number of halogens is 2. The van der Waals surface area contributed by atoms with Gasteiger partial charge in [0, 0.05) is 37.7 Å². The topological polar surface area (TPSA) is 69.3 Å². The lowest BCUT2D eigenvalue weighted by Crippen LogP contribution is -2.59. The molecule has 3 aliphatic rings. The van der Waals surface area contributed by atoms with Crippen molar-refractivity contribution in [3.63, 3.8) is 0 Å². The highest BCUT2D eigenvalue weighted by Crippen LogP contribution is 2.45. The monoisotopic (exact) mass is 400 g/mol. The third-order valence-corrected chi connectivity index (χ3v) is 6.49. The van der Waals surface area contributed by atoms with Crippen LogP contribution in [-0.4, -0.2) is 51.2 Å². The van der Waals surface area contributed by atoms with Gasteiger partial charge in [-0.15, -0.1) is 0 Å². The number of benzene rings is 1. The number of amides is 2.